The van der Waals surface area contributed by atoms with Gasteiger partial charge in [0.15, 0.2) is 0 Å². The third-order valence-electron chi connectivity index (χ3n) is 2.29. The summed E-state index contributed by atoms with van der Waals surface area (Å²) in [6.45, 7) is 2.43. The molecule has 2 N–H and O–H groups in total. The molecule has 0 saturated carbocycles. The minimum absolute atomic E-state index is 0.283. The van der Waals surface area contributed by atoms with Crippen molar-refractivity contribution < 1.29 is 9.21 Å². The molecule has 5 nitrogen and oxygen atoms in total. The van der Waals surface area contributed by atoms with Crippen molar-refractivity contribution in [1.29, 1.82) is 0 Å². The Hall–Kier alpha value is -1.95. The highest BCUT2D eigenvalue weighted by Crippen LogP contribution is 2.16. The molecule has 0 spiro atoms. The van der Waals surface area contributed by atoms with Crippen molar-refractivity contribution in [3.63, 3.8) is 0 Å². The molecule has 0 unspecified atom stereocenters. The van der Waals surface area contributed by atoms with E-state index in [-0.39, 0.29) is 6.03 Å². The van der Waals surface area contributed by atoms with Gasteiger partial charge in [-0.15, -0.1) is 11.8 Å². The second-order valence-electron chi connectivity index (χ2n) is 3.71. The number of urea groups is 1. The molecule has 0 radical (unpaired) electrons. The zero-order valence-electron chi connectivity index (χ0n) is 10.6. The van der Waals surface area contributed by atoms with Gasteiger partial charge in [-0.1, -0.05) is 6.92 Å². The number of carbonyl (C=O) groups is 1. The first-order valence-corrected chi connectivity index (χ1v) is 6.92. The van der Waals surface area contributed by atoms with E-state index in [1.165, 1.54) is 0 Å². The summed E-state index contributed by atoms with van der Waals surface area (Å²) in [5.41, 5.74) is 0.664. The Bertz CT molecular complexity index is 511. The largest absolute Gasteiger partial charge is 0.467 e. The Balaban J connectivity index is 1.81. The lowest BCUT2D eigenvalue weighted by Gasteiger charge is -2.06. The average Bonchev–Trinajstić information content (AvgIpc) is 2.92. The number of nitrogens with one attached hydrogen (secondary N) is 2. The van der Waals surface area contributed by atoms with Gasteiger partial charge in [0, 0.05) is 0 Å². The zero-order chi connectivity index (χ0) is 13.5. The van der Waals surface area contributed by atoms with Crippen LogP contribution in [0.3, 0.4) is 0 Å². The first-order chi connectivity index (χ1) is 9.28. The normalized spacial score (nSPS) is 10.2. The van der Waals surface area contributed by atoms with Crippen molar-refractivity contribution in [3.05, 3.63) is 42.5 Å². The van der Waals surface area contributed by atoms with Crippen LogP contribution in [0, 0.1) is 0 Å². The molecule has 0 saturated heterocycles. The fourth-order valence-electron chi connectivity index (χ4n) is 1.44. The molecular formula is C13H15N3O2S. The van der Waals surface area contributed by atoms with E-state index in [0.717, 1.165) is 10.8 Å². The fraction of sp³-hybridized carbons (Fsp3) is 0.231. The summed E-state index contributed by atoms with van der Waals surface area (Å²) in [6.07, 6.45) is 3.22. The number of anilines is 1. The molecule has 100 valence electrons. The minimum Gasteiger partial charge on any atom is -0.467 e. The molecule has 0 aromatic carbocycles. The monoisotopic (exact) mass is 277 g/mol. The Morgan fingerprint density at radius 3 is 2.95 bits per heavy atom. The number of thioether (sulfide) groups is 1. The van der Waals surface area contributed by atoms with Crippen LogP contribution in [0.4, 0.5) is 10.5 Å². The Kier molecular flexibility index (Phi) is 4.85. The minimum atomic E-state index is -0.283. The van der Waals surface area contributed by atoms with Gasteiger partial charge < -0.3 is 15.1 Å². The summed E-state index contributed by atoms with van der Waals surface area (Å²) in [5.74, 6) is 1.69. The number of rotatable bonds is 5. The van der Waals surface area contributed by atoms with Crippen molar-refractivity contribution in [3.8, 4) is 0 Å². The molecule has 19 heavy (non-hydrogen) atoms. The number of nitrogens with zero attached hydrogens (tertiary/aromatic N) is 1. The number of aromatic nitrogens is 1. The van der Waals surface area contributed by atoms with Gasteiger partial charge in [-0.05, 0) is 30.0 Å². The number of amides is 2. The van der Waals surface area contributed by atoms with Crippen molar-refractivity contribution in [2.75, 3.05) is 11.1 Å². The van der Waals surface area contributed by atoms with Crippen molar-refractivity contribution in [2.24, 2.45) is 0 Å². The maximum atomic E-state index is 11.6. The number of furan rings is 1. The van der Waals surface area contributed by atoms with E-state index in [1.54, 1.807) is 36.4 Å². The fourth-order valence-corrected chi connectivity index (χ4v) is 2.03. The van der Waals surface area contributed by atoms with Gasteiger partial charge in [0.2, 0.25) is 0 Å². The lowest BCUT2D eigenvalue weighted by Crippen LogP contribution is -2.28. The first-order valence-electron chi connectivity index (χ1n) is 5.94. The van der Waals surface area contributed by atoms with E-state index in [4.69, 9.17) is 4.42 Å². The second-order valence-corrected chi connectivity index (χ2v) is 4.99. The summed E-state index contributed by atoms with van der Waals surface area (Å²) in [5, 5.41) is 6.35. The highest BCUT2D eigenvalue weighted by Gasteiger charge is 2.03. The van der Waals surface area contributed by atoms with Crippen LogP contribution in [0.2, 0.25) is 0 Å². The Morgan fingerprint density at radius 2 is 2.32 bits per heavy atom. The van der Waals surface area contributed by atoms with Gasteiger partial charge >= 0.3 is 6.03 Å². The van der Waals surface area contributed by atoms with Gasteiger partial charge in [0.1, 0.15) is 5.76 Å². The Morgan fingerprint density at radius 1 is 1.42 bits per heavy atom. The number of pyridine rings is 1. The van der Waals surface area contributed by atoms with Crippen LogP contribution in [0.25, 0.3) is 0 Å². The van der Waals surface area contributed by atoms with Gasteiger partial charge in [0.05, 0.1) is 29.7 Å². The zero-order valence-corrected chi connectivity index (χ0v) is 11.4. The lowest BCUT2D eigenvalue weighted by atomic mass is 10.4. The standard InChI is InChI=1S/C13H15N3O2S/c1-2-19-12-6-5-10(8-14-12)16-13(17)15-9-11-4-3-7-18-11/h3-8H,2,9H2,1H3,(H2,15,16,17). The molecule has 2 aromatic rings. The molecular weight excluding hydrogens is 262 g/mol. The molecule has 0 fully saturated rings. The predicted molar refractivity (Wildman–Crippen MR) is 75.2 cm³/mol. The molecule has 0 aliphatic carbocycles. The molecule has 0 bridgehead atoms. The van der Waals surface area contributed by atoms with Crippen LogP contribution in [0.5, 0.6) is 0 Å². The third kappa shape index (κ3) is 4.33. The number of carbonyl (C=O) groups excluding carboxylic acids is 1. The SMILES string of the molecule is CCSc1ccc(NC(=O)NCc2ccco2)cn1. The van der Waals surface area contributed by atoms with E-state index >= 15 is 0 Å². The van der Waals surface area contributed by atoms with Gasteiger partial charge in [0.25, 0.3) is 0 Å². The van der Waals surface area contributed by atoms with Gasteiger partial charge in [-0.25, -0.2) is 9.78 Å². The summed E-state index contributed by atoms with van der Waals surface area (Å²) in [6, 6.07) is 7.02. The van der Waals surface area contributed by atoms with E-state index < -0.39 is 0 Å². The van der Waals surface area contributed by atoms with Crippen LogP contribution >= 0.6 is 11.8 Å². The van der Waals surface area contributed by atoms with Gasteiger partial charge in [-0.2, -0.15) is 0 Å². The molecule has 2 aromatic heterocycles. The quantitative estimate of drug-likeness (QED) is 0.824. The molecule has 0 aliphatic heterocycles. The highest BCUT2D eigenvalue weighted by molar-refractivity contribution is 7.99. The van der Waals surface area contributed by atoms with Crippen molar-refractivity contribution >= 4 is 23.5 Å². The summed E-state index contributed by atoms with van der Waals surface area (Å²) >= 11 is 1.66. The number of hydrogen-bond donors (Lipinski definition) is 2. The van der Waals surface area contributed by atoms with Gasteiger partial charge in [-0.3, -0.25) is 0 Å². The topological polar surface area (TPSA) is 67.2 Å². The molecule has 2 heterocycles. The molecule has 6 heteroatoms. The molecule has 2 amide bonds. The van der Waals surface area contributed by atoms with Crippen LogP contribution < -0.4 is 10.6 Å². The number of hydrogen-bond acceptors (Lipinski definition) is 4. The summed E-state index contributed by atoms with van der Waals surface area (Å²) in [4.78, 5) is 15.9. The molecule has 0 atom stereocenters. The van der Waals surface area contributed by atoms with Crippen molar-refractivity contribution in [2.45, 2.75) is 18.5 Å². The maximum Gasteiger partial charge on any atom is 0.319 e. The molecule has 0 aliphatic rings. The van der Waals surface area contributed by atoms with Crippen LogP contribution in [-0.2, 0) is 6.54 Å². The second kappa shape index (κ2) is 6.84. The third-order valence-corrected chi connectivity index (χ3v) is 3.12. The predicted octanol–water partition coefficient (Wildman–Crippen LogP) is 3.11. The molecule has 2 rings (SSSR count). The summed E-state index contributed by atoms with van der Waals surface area (Å²) < 4.78 is 5.12. The lowest BCUT2D eigenvalue weighted by molar-refractivity contribution is 0.251. The smallest absolute Gasteiger partial charge is 0.319 e. The maximum absolute atomic E-state index is 11.6. The summed E-state index contributed by atoms with van der Waals surface area (Å²) in [7, 11) is 0. The van der Waals surface area contributed by atoms with Crippen LogP contribution in [0.15, 0.2) is 46.2 Å². The van der Waals surface area contributed by atoms with E-state index in [9.17, 15) is 4.79 Å². The Labute approximate surface area is 115 Å². The van der Waals surface area contributed by atoms with Crippen molar-refractivity contribution in [1.82, 2.24) is 10.3 Å². The average molecular weight is 277 g/mol. The van der Waals surface area contributed by atoms with Crippen LogP contribution in [-0.4, -0.2) is 16.8 Å². The van der Waals surface area contributed by atoms with E-state index in [0.29, 0.717) is 18.0 Å². The van der Waals surface area contributed by atoms with Crippen LogP contribution in [0.1, 0.15) is 12.7 Å². The first kappa shape index (κ1) is 13.5. The van der Waals surface area contributed by atoms with E-state index in [1.807, 2.05) is 12.1 Å². The van der Waals surface area contributed by atoms with E-state index in [2.05, 4.69) is 22.5 Å². The highest BCUT2D eigenvalue weighted by atomic mass is 32.2.